The molecule has 2 saturated heterocycles. The van der Waals surface area contributed by atoms with E-state index in [-0.39, 0.29) is 0 Å². The third-order valence-corrected chi connectivity index (χ3v) is 8.48. The van der Waals surface area contributed by atoms with Crippen LogP contribution in [-0.2, 0) is 4.79 Å². The van der Waals surface area contributed by atoms with Gasteiger partial charge in [0.1, 0.15) is 0 Å². The van der Waals surface area contributed by atoms with Gasteiger partial charge in [0.15, 0.2) is 0 Å². The number of unbranched alkanes of at least 4 members (excludes halogenated alkanes) is 3. The molecule has 1 aromatic carbocycles. The molecule has 4 unspecified atom stereocenters. The Balaban J connectivity index is 1.42. The third-order valence-electron chi connectivity index (χ3n) is 5.45. The van der Waals surface area contributed by atoms with Gasteiger partial charge in [-0.3, -0.25) is 4.79 Å². The highest BCUT2D eigenvalue weighted by molar-refractivity contribution is 8.01. The van der Waals surface area contributed by atoms with Gasteiger partial charge >= 0.3 is 5.97 Å². The van der Waals surface area contributed by atoms with Crippen LogP contribution in [0.1, 0.15) is 51.4 Å². The number of rotatable bonds is 10. The van der Waals surface area contributed by atoms with Crippen LogP contribution in [0, 0.1) is 11.8 Å². The smallest absolute Gasteiger partial charge is 0.303 e. The molecule has 3 rings (SSSR count). The predicted molar refractivity (Wildman–Crippen MR) is 104 cm³/mol. The summed E-state index contributed by atoms with van der Waals surface area (Å²) in [7, 11) is 0. The molecule has 0 saturated carbocycles. The van der Waals surface area contributed by atoms with E-state index in [1.165, 1.54) is 42.8 Å². The number of carbonyl (C=O) groups is 1. The maximum Gasteiger partial charge on any atom is 0.303 e. The summed E-state index contributed by atoms with van der Waals surface area (Å²) in [5.74, 6) is 2.38. The number of fused-ring (bicyclic) bond motifs is 2. The van der Waals surface area contributed by atoms with E-state index in [1.54, 1.807) is 0 Å². The van der Waals surface area contributed by atoms with Crippen molar-refractivity contribution in [3.05, 3.63) is 30.3 Å². The summed E-state index contributed by atoms with van der Waals surface area (Å²) in [5, 5.41) is 10.5. The van der Waals surface area contributed by atoms with Crippen molar-refractivity contribution < 1.29 is 9.90 Å². The normalized spacial score (nSPS) is 28.3. The Hall–Kier alpha value is -0.610. The molecule has 2 bridgehead atoms. The monoisotopic (exact) mass is 364 g/mol. The van der Waals surface area contributed by atoms with E-state index in [1.807, 2.05) is 11.8 Å². The lowest BCUT2D eigenvalue weighted by molar-refractivity contribution is -0.137. The Morgan fingerprint density at radius 3 is 2.50 bits per heavy atom. The van der Waals surface area contributed by atoms with Crippen molar-refractivity contribution in [2.75, 3.05) is 5.75 Å². The average molecular weight is 365 g/mol. The standard InChI is InChI=1S/C20H28O2S2/c21-20(22)11-7-2-1-6-10-16-17(19-13-12-18(16)24-19)14-23-15-8-4-3-5-9-15/h3-5,8-9,16-19H,1-2,6-7,10-14H2,(H,21,22). The summed E-state index contributed by atoms with van der Waals surface area (Å²) in [6.07, 6.45) is 8.92. The first-order valence-electron chi connectivity index (χ1n) is 9.29. The molecule has 2 heterocycles. The summed E-state index contributed by atoms with van der Waals surface area (Å²) in [4.78, 5) is 12.0. The van der Waals surface area contributed by atoms with Gasteiger partial charge in [0, 0.05) is 27.6 Å². The Bertz CT molecular complexity index is 520. The van der Waals surface area contributed by atoms with Crippen molar-refractivity contribution in [1.29, 1.82) is 0 Å². The molecule has 2 fully saturated rings. The molecule has 4 heteroatoms. The number of benzene rings is 1. The van der Waals surface area contributed by atoms with Crippen molar-refractivity contribution in [2.45, 2.75) is 66.8 Å². The van der Waals surface area contributed by atoms with Crippen LogP contribution in [0.15, 0.2) is 35.2 Å². The first-order valence-corrected chi connectivity index (χ1v) is 11.2. The molecule has 0 radical (unpaired) electrons. The molecule has 1 aromatic rings. The lowest BCUT2D eigenvalue weighted by Crippen LogP contribution is -2.29. The zero-order valence-corrected chi connectivity index (χ0v) is 15.9. The molecule has 1 N–H and O–H groups in total. The molecular formula is C20H28O2S2. The van der Waals surface area contributed by atoms with Crippen LogP contribution in [0.3, 0.4) is 0 Å². The lowest BCUT2D eigenvalue weighted by Gasteiger charge is -2.29. The van der Waals surface area contributed by atoms with Gasteiger partial charge in [0.25, 0.3) is 0 Å². The fourth-order valence-corrected chi connectivity index (χ4v) is 7.59. The lowest BCUT2D eigenvalue weighted by atomic mass is 9.77. The first kappa shape index (κ1) is 18.2. The van der Waals surface area contributed by atoms with E-state index in [0.717, 1.165) is 35.2 Å². The Morgan fingerprint density at radius 2 is 1.75 bits per heavy atom. The van der Waals surface area contributed by atoms with Crippen LogP contribution < -0.4 is 0 Å². The van der Waals surface area contributed by atoms with Crippen molar-refractivity contribution in [3.8, 4) is 0 Å². The molecule has 0 aromatic heterocycles. The van der Waals surface area contributed by atoms with Crippen LogP contribution in [0.2, 0.25) is 0 Å². The van der Waals surface area contributed by atoms with Crippen molar-refractivity contribution >= 4 is 29.5 Å². The van der Waals surface area contributed by atoms with Gasteiger partial charge in [-0.2, -0.15) is 11.8 Å². The van der Waals surface area contributed by atoms with E-state index in [2.05, 4.69) is 42.1 Å². The van der Waals surface area contributed by atoms with Gasteiger partial charge in [-0.1, -0.05) is 37.5 Å². The van der Waals surface area contributed by atoms with Gasteiger partial charge in [0.2, 0.25) is 0 Å². The van der Waals surface area contributed by atoms with E-state index < -0.39 is 5.97 Å². The van der Waals surface area contributed by atoms with Crippen LogP contribution in [0.5, 0.6) is 0 Å². The summed E-state index contributed by atoms with van der Waals surface area (Å²) >= 11 is 4.30. The number of thioether (sulfide) groups is 2. The molecule has 2 aliphatic rings. The largest absolute Gasteiger partial charge is 0.481 e. The fraction of sp³-hybridized carbons (Fsp3) is 0.650. The molecule has 2 aliphatic heterocycles. The van der Waals surface area contributed by atoms with Gasteiger partial charge in [0.05, 0.1) is 0 Å². The maximum atomic E-state index is 10.6. The average Bonchev–Trinajstić information content (AvgIpc) is 3.18. The van der Waals surface area contributed by atoms with E-state index in [9.17, 15) is 4.79 Å². The van der Waals surface area contributed by atoms with Gasteiger partial charge in [-0.15, -0.1) is 11.8 Å². The number of hydrogen-bond donors (Lipinski definition) is 1. The minimum atomic E-state index is -0.655. The molecule has 24 heavy (non-hydrogen) atoms. The second-order valence-corrected chi connectivity index (χ2v) is 9.67. The first-order chi connectivity index (χ1) is 11.7. The topological polar surface area (TPSA) is 37.3 Å². The summed E-state index contributed by atoms with van der Waals surface area (Å²) < 4.78 is 0. The zero-order valence-electron chi connectivity index (χ0n) is 14.2. The molecule has 2 nitrogen and oxygen atoms in total. The van der Waals surface area contributed by atoms with E-state index in [0.29, 0.717) is 6.42 Å². The molecule has 0 aliphatic carbocycles. The van der Waals surface area contributed by atoms with Crippen molar-refractivity contribution in [3.63, 3.8) is 0 Å². The molecule has 0 spiro atoms. The molecule has 0 amide bonds. The van der Waals surface area contributed by atoms with Gasteiger partial charge in [-0.25, -0.2) is 0 Å². The van der Waals surface area contributed by atoms with Crippen molar-refractivity contribution in [1.82, 2.24) is 0 Å². The highest BCUT2D eigenvalue weighted by Crippen LogP contribution is 2.55. The molecular weight excluding hydrogens is 336 g/mol. The van der Waals surface area contributed by atoms with Crippen LogP contribution >= 0.6 is 23.5 Å². The maximum absolute atomic E-state index is 10.6. The van der Waals surface area contributed by atoms with Crippen LogP contribution in [0.4, 0.5) is 0 Å². The second-order valence-electron chi connectivity index (χ2n) is 7.09. The fourth-order valence-electron chi connectivity index (χ4n) is 4.22. The highest BCUT2D eigenvalue weighted by atomic mass is 32.2. The minimum absolute atomic E-state index is 0.334. The van der Waals surface area contributed by atoms with Crippen LogP contribution in [-0.4, -0.2) is 27.3 Å². The Morgan fingerprint density at radius 1 is 1.04 bits per heavy atom. The third kappa shape index (κ3) is 4.95. The number of carboxylic acid groups (broad SMARTS) is 1. The summed E-state index contributed by atoms with van der Waals surface area (Å²) in [6, 6.07) is 10.8. The zero-order chi connectivity index (χ0) is 16.8. The summed E-state index contributed by atoms with van der Waals surface area (Å²) in [5.41, 5.74) is 0. The molecule has 132 valence electrons. The Kier molecular flexibility index (Phi) is 6.96. The van der Waals surface area contributed by atoms with Gasteiger partial charge < -0.3 is 5.11 Å². The number of aliphatic carboxylic acids is 1. The predicted octanol–water partition coefficient (Wildman–Crippen LogP) is 5.71. The summed E-state index contributed by atoms with van der Waals surface area (Å²) in [6.45, 7) is 0. The number of hydrogen-bond acceptors (Lipinski definition) is 3. The van der Waals surface area contributed by atoms with E-state index in [4.69, 9.17) is 5.11 Å². The highest BCUT2D eigenvalue weighted by Gasteiger charge is 2.47. The quantitative estimate of drug-likeness (QED) is 0.426. The SMILES string of the molecule is O=C(O)CCCCCCC1C2CCC(S2)C1CSc1ccccc1. The van der Waals surface area contributed by atoms with Crippen LogP contribution in [0.25, 0.3) is 0 Å². The number of carboxylic acids is 1. The van der Waals surface area contributed by atoms with Gasteiger partial charge in [-0.05, 0) is 49.7 Å². The Labute approximate surface area is 154 Å². The van der Waals surface area contributed by atoms with Crippen molar-refractivity contribution in [2.24, 2.45) is 11.8 Å². The molecule has 4 atom stereocenters. The minimum Gasteiger partial charge on any atom is -0.481 e. The second kappa shape index (κ2) is 9.19. The van der Waals surface area contributed by atoms with E-state index >= 15 is 0 Å².